The smallest absolute Gasteiger partial charge is 0.251 e. The average Bonchev–Trinajstić information content (AvgIpc) is 2.82. The number of amides is 1. The number of methoxy groups -OCH3 is 1. The van der Waals surface area contributed by atoms with Crippen molar-refractivity contribution in [3.63, 3.8) is 0 Å². The van der Waals surface area contributed by atoms with Gasteiger partial charge in [-0.25, -0.2) is 5.06 Å². The molecular formula is C24H33NO6. The van der Waals surface area contributed by atoms with Gasteiger partial charge in [-0.3, -0.25) is 9.63 Å². The van der Waals surface area contributed by atoms with Crippen LogP contribution in [0.25, 0.3) is 0 Å². The van der Waals surface area contributed by atoms with Crippen LogP contribution in [0.1, 0.15) is 24.5 Å². The first-order valence-electron chi connectivity index (χ1n) is 10.3. The molecule has 0 radical (unpaired) electrons. The van der Waals surface area contributed by atoms with Crippen LogP contribution in [-0.2, 0) is 37.1 Å². The lowest BCUT2D eigenvalue weighted by atomic mass is 10.0. The van der Waals surface area contributed by atoms with Crippen LogP contribution in [-0.4, -0.2) is 51.7 Å². The summed E-state index contributed by atoms with van der Waals surface area (Å²) in [6, 6.07) is 17.6. The number of nitrogens with zero attached hydrogens (tertiary/aromatic N) is 1. The standard InChI is InChI=1S/C24H33NO6/c1-19(24(26)25(2)28-4)23(31-18-30-17-20-8-6-5-7-9-20)14-15-29-16-21-10-12-22(27-3)13-11-21/h5-13,19,23H,14-18H2,1-4H3/t19-,23+/m1/s1. The minimum atomic E-state index is -0.408. The zero-order valence-corrected chi connectivity index (χ0v) is 18.8. The maximum atomic E-state index is 12.5. The highest BCUT2D eigenvalue weighted by molar-refractivity contribution is 5.77. The zero-order chi connectivity index (χ0) is 22.5. The van der Waals surface area contributed by atoms with Crippen molar-refractivity contribution < 1.29 is 28.6 Å². The molecule has 0 spiro atoms. The first kappa shape index (κ1) is 24.8. The maximum Gasteiger partial charge on any atom is 0.251 e. The van der Waals surface area contributed by atoms with Crippen LogP contribution in [0.4, 0.5) is 0 Å². The topological polar surface area (TPSA) is 66.5 Å². The molecule has 7 heteroatoms. The highest BCUT2D eigenvalue weighted by Gasteiger charge is 2.27. The normalized spacial score (nSPS) is 12.9. The molecule has 7 nitrogen and oxygen atoms in total. The van der Waals surface area contributed by atoms with Crippen LogP contribution in [0.15, 0.2) is 54.6 Å². The summed E-state index contributed by atoms with van der Waals surface area (Å²) in [6.45, 7) is 3.28. The second-order valence-corrected chi connectivity index (χ2v) is 7.15. The number of hydroxylamine groups is 2. The van der Waals surface area contributed by atoms with E-state index in [0.717, 1.165) is 16.9 Å². The molecule has 2 aromatic carbocycles. The third-order valence-corrected chi connectivity index (χ3v) is 4.98. The highest BCUT2D eigenvalue weighted by Crippen LogP contribution is 2.17. The fourth-order valence-corrected chi connectivity index (χ4v) is 2.99. The molecule has 2 aromatic rings. The third kappa shape index (κ3) is 8.67. The van der Waals surface area contributed by atoms with E-state index in [1.807, 2.05) is 61.5 Å². The van der Waals surface area contributed by atoms with Gasteiger partial charge in [0.05, 0.1) is 39.5 Å². The van der Waals surface area contributed by atoms with Gasteiger partial charge < -0.3 is 18.9 Å². The van der Waals surface area contributed by atoms with Crippen LogP contribution in [0.2, 0.25) is 0 Å². The third-order valence-electron chi connectivity index (χ3n) is 4.98. The van der Waals surface area contributed by atoms with Gasteiger partial charge in [0.1, 0.15) is 12.5 Å². The molecule has 0 saturated heterocycles. The van der Waals surface area contributed by atoms with E-state index >= 15 is 0 Å². The van der Waals surface area contributed by atoms with E-state index in [1.54, 1.807) is 14.2 Å². The molecule has 31 heavy (non-hydrogen) atoms. The van der Waals surface area contributed by atoms with Gasteiger partial charge in [0.15, 0.2) is 0 Å². The van der Waals surface area contributed by atoms with Crippen molar-refractivity contribution >= 4 is 5.91 Å². The van der Waals surface area contributed by atoms with Gasteiger partial charge in [-0.2, -0.15) is 0 Å². The second-order valence-electron chi connectivity index (χ2n) is 7.15. The van der Waals surface area contributed by atoms with Gasteiger partial charge >= 0.3 is 0 Å². The van der Waals surface area contributed by atoms with Gasteiger partial charge in [0.2, 0.25) is 0 Å². The second kappa shape index (κ2) is 13.8. The number of hydrogen-bond acceptors (Lipinski definition) is 6. The Labute approximate surface area is 184 Å². The number of rotatable bonds is 14. The number of hydrogen-bond donors (Lipinski definition) is 0. The average molecular weight is 432 g/mol. The Morgan fingerprint density at radius 1 is 0.935 bits per heavy atom. The van der Waals surface area contributed by atoms with Crippen molar-refractivity contribution in [2.75, 3.05) is 34.7 Å². The number of carbonyl (C=O) groups is 1. The lowest BCUT2D eigenvalue weighted by Crippen LogP contribution is -2.38. The molecule has 0 fully saturated rings. The minimum absolute atomic E-state index is 0.0896. The lowest BCUT2D eigenvalue weighted by Gasteiger charge is -2.26. The van der Waals surface area contributed by atoms with Crippen molar-refractivity contribution in [1.29, 1.82) is 0 Å². The molecule has 2 atom stereocenters. The Balaban J connectivity index is 1.82. The molecule has 0 aromatic heterocycles. The molecule has 0 unspecified atom stereocenters. The quantitative estimate of drug-likeness (QED) is 0.257. The van der Waals surface area contributed by atoms with Crippen LogP contribution in [0.3, 0.4) is 0 Å². The highest BCUT2D eigenvalue weighted by atomic mass is 16.7. The van der Waals surface area contributed by atoms with E-state index in [4.69, 9.17) is 23.8 Å². The molecule has 1 amide bonds. The van der Waals surface area contributed by atoms with Crippen molar-refractivity contribution in [2.45, 2.75) is 32.7 Å². The van der Waals surface area contributed by atoms with Gasteiger partial charge in [-0.15, -0.1) is 0 Å². The van der Waals surface area contributed by atoms with E-state index in [0.29, 0.717) is 26.2 Å². The summed E-state index contributed by atoms with van der Waals surface area (Å²) in [5, 5.41) is 1.21. The largest absolute Gasteiger partial charge is 0.497 e. The molecule has 0 aliphatic rings. The summed E-state index contributed by atoms with van der Waals surface area (Å²) in [5.41, 5.74) is 2.11. The summed E-state index contributed by atoms with van der Waals surface area (Å²) >= 11 is 0. The summed E-state index contributed by atoms with van der Waals surface area (Å²) in [5.74, 6) is 0.239. The molecule has 0 N–H and O–H groups in total. The van der Waals surface area contributed by atoms with Gasteiger partial charge in [0, 0.05) is 13.7 Å². The fraction of sp³-hybridized carbons (Fsp3) is 0.458. The van der Waals surface area contributed by atoms with E-state index in [9.17, 15) is 4.79 Å². The Kier molecular flexibility index (Phi) is 11.0. The maximum absolute atomic E-state index is 12.5. The van der Waals surface area contributed by atoms with Crippen molar-refractivity contribution in [2.24, 2.45) is 5.92 Å². The Morgan fingerprint density at radius 2 is 1.58 bits per heavy atom. The fourth-order valence-electron chi connectivity index (χ4n) is 2.99. The minimum Gasteiger partial charge on any atom is -0.497 e. The number of benzene rings is 2. The van der Waals surface area contributed by atoms with Crippen LogP contribution in [0.5, 0.6) is 5.75 Å². The van der Waals surface area contributed by atoms with E-state index in [1.165, 1.54) is 12.2 Å². The van der Waals surface area contributed by atoms with Crippen LogP contribution in [0, 0.1) is 5.92 Å². The summed E-state index contributed by atoms with van der Waals surface area (Å²) < 4.78 is 22.5. The van der Waals surface area contributed by atoms with Gasteiger partial charge in [-0.1, -0.05) is 49.4 Å². The van der Waals surface area contributed by atoms with Crippen molar-refractivity contribution in [3.8, 4) is 5.75 Å². The lowest BCUT2D eigenvalue weighted by molar-refractivity contribution is -0.182. The van der Waals surface area contributed by atoms with Crippen LogP contribution >= 0.6 is 0 Å². The molecule has 170 valence electrons. The monoisotopic (exact) mass is 431 g/mol. The van der Waals surface area contributed by atoms with E-state index in [-0.39, 0.29) is 18.8 Å². The SMILES string of the molecule is COc1ccc(COCC[C@H](OCOCc2ccccc2)[C@@H](C)C(=O)N(C)OC)cc1. The van der Waals surface area contributed by atoms with Gasteiger partial charge in [0.25, 0.3) is 5.91 Å². The van der Waals surface area contributed by atoms with E-state index in [2.05, 4.69) is 0 Å². The first-order chi connectivity index (χ1) is 15.0. The Bertz CT molecular complexity index is 752. The molecule has 0 aliphatic carbocycles. The van der Waals surface area contributed by atoms with E-state index < -0.39 is 5.92 Å². The molecule has 0 bridgehead atoms. The summed E-state index contributed by atoms with van der Waals surface area (Å²) in [6.07, 6.45) is 0.187. The molecule has 0 aliphatic heterocycles. The molecule has 2 rings (SSSR count). The summed E-state index contributed by atoms with van der Waals surface area (Å²) in [7, 11) is 4.68. The zero-order valence-electron chi connectivity index (χ0n) is 18.8. The molecular weight excluding hydrogens is 398 g/mol. The molecule has 0 heterocycles. The van der Waals surface area contributed by atoms with Gasteiger partial charge in [-0.05, 0) is 29.7 Å². The van der Waals surface area contributed by atoms with Crippen molar-refractivity contribution in [3.05, 3.63) is 65.7 Å². The van der Waals surface area contributed by atoms with Crippen molar-refractivity contribution in [1.82, 2.24) is 5.06 Å². The number of ether oxygens (including phenoxy) is 4. The first-order valence-corrected chi connectivity index (χ1v) is 10.3. The number of carbonyl (C=O) groups excluding carboxylic acids is 1. The molecule has 0 saturated carbocycles. The predicted molar refractivity (Wildman–Crippen MR) is 117 cm³/mol. The Morgan fingerprint density at radius 3 is 2.23 bits per heavy atom. The Hall–Kier alpha value is -2.45. The summed E-state index contributed by atoms with van der Waals surface area (Å²) in [4.78, 5) is 17.5. The predicted octanol–water partition coefficient (Wildman–Crippen LogP) is 3.82. The van der Waals surface area contributed by atoms with Crippen LogP contribution < -0.4 is 4.74 Å².